The Bertz CT molecular complexity index is 692. The lowest BCUT2D eigenvalue weighted by molar-refractivity contribution is 0.357. The van der Waals surface area contributed by atoms with Crippen molar-refractivity contribution in [2.75, 3.05) is 17.2 Å². The van der Waals surface area contributed by atoms with Gasteiger partial charge in [0, 0.05) is 18.2 Å². The molecule has 0 amide bonds. The van der Waals surface area contributed by atoms with Crippen LogP contribution >= 0.6 is 0 Å². The van der Waals surface area contributed by atoms with E-state index in [1.54, 1.807) is 13.0 Å². The van der Waals surface area contributed by atoms with Crippen molar-refractivity contribution >= 4 is 17.3 Å². The van der Waals surface area contributed by atoms with Crippen LogP contribution in [0.15, 0.2) is 24.3 Å². The van der Waals surface area contributed by atoms with E-state index in [0.717, 1.165) is 24.5 Å². The van der Waals surface area contributed by atoms with Crippen LogP contribution < -0.4 is 15.4 Å². The molecule has 6 heteroatoms. The normalized spacial score (nSPS) is 12.2. The molecule has 2 heterocycles. The van der Waals surface area contributed by atoms with Crippen molar-refractivity contribution in [1.82, 2.24) is 9.97 Å². The first-order chi connectivity index (χ1) is 9.74. The number of aromatic nitrogens is 2. The summed E-state index contributed by atoms with van der Waals surface area (Å²) in [6.45, 7) is 2.52. The molecule has 2 N–H and O–H groups in total. The van der Waals surface area contributed by atoms with Crippen LogP contribution in [0.5, 0.6) is 5.75 Å². The molecule has 0 saturated heterocycles. The van der Waals surface area contributed by atoms with E-state index in [-0.39, 0.29) is 0 Å². The maximum atomic E-state index is 8.64. The van der Waals surface area contributed by atoms with Crippen molar-refractivity contribution in [2.24, 2.45) is 0 Å². The van der Waals surface area contributed by atoms with Gasteiger partial charge >= 0.3 is 0 Å². The first-order valence-electron chi connectivity index (χ1n) is 6.28. The van der Waals surface area contributed by atoms with Gasteiger partial charge in [0.25, 0.3) is 0 Å². The van der Waals surface area contributed by atoms with Crippen LogP contribution in [0.25, 0.3) is 0 Å². The standard InChI is InChI=1S/C14H13N5O/c1-9-17-13(16-8-15)7-14(18-9)19-11-2-3-12-10(6-11)4-5-20-12/h2-3,6-7H,4-5H2,1H3,(H2,16,17,18,19). The fourth-order valence-corrected chi connectivity index (χ4v) is 2.17. The zero-order chi connectivity index (χ0) is 13.9. The van der Waals surface area contributed by atoms with Crippen LogP contribution in [-0.4, -0.2) is 16.6 Å². The largest absolute Gasteiger partial charge is 0.493 e. The summed E-state index contributed by atoms with van der Waals surface area (Å²) in [7, 11) is 0. The van der Waals surface area contributed by atoms with E-state index in [2.05, 4.69) is 26.7 Å². The average molecular weight is 267 g/mol. The first-order valence-corrected chi connectivity index (χ1v) is 6.28. The molecular weight excluding hydrogens is 254 g/mol. The van der Waals surface area contributed by atoms with Gasteiger partial charge in [-0.2, -0.15) is 5.26 Å². The highest BCUT2D eigenvalue weighted by Gasteiger charge is 2.12. The van der Waals surface area contributed by atoms with E-state index in [4.69, 9.17) is 10.00 Å². The smallest absolute Gasteiger partial charge is 0.182 e. The van der Waals surface area contributed by atoms with Crippen molar-refractivity contribution in [1.29, 1.82) is 5.26 Å². The second-order valence-corrected chi connectivity index (χ2v) is 4.47. The molecule has 0 unspecified atom stereocenters. The van der Waals surface area contributed by atoms with Crippen LogP contribution in [0.3, 0.4) is 0 Å². The fraction of sp³-hybridized carbons (Fsp3) is 0.214. The highest BCUT2D eigenvalue weighted by molar-refractivity contribution is 5.62. The number of nitrogens with zero attached hydrogens (tertiary/aromatic N) is 3. The number of hydrogen-bond acceptors (Lipinski definition) is 6. The second kappa shape index (κ2) is 5.05. The minimum atomic E-state index is 0.479. The number of benzene rings is 1. The highest BCUT2D eigenvalue weighted by atomic mass is 16.5. The number of ether oxygens (including phenoxy) is 1. The Morgan fingerprint density at radius 1 is 1.25 bits per heavy atom. The molecular formula is C14H13N5O. The Morgan fingerprint density at radius 3 is 2.95 bits per heavy atom. The number of nitriles is 1. The molecule has 0 atom stereocenters. The SMILES string of the molecule is Cc1nc(NC#N)cc(Nc2ccc3c(c2)CCO3)n1. The fourth-order valence-electron chi connectivity index (χ4n) is 2.17. The molecule has 0 fully saturated rings. The molecule has 20 heavy (non-hydrogen) atoms. The minimum Gasteiger partial charge on any atom is -0.493 e. The number of aryl methyl sites for hydroxylation is 1. The highest BCUT2D eigenvalue weighted by Crippen LogP contribution is 2.29. The molecule has 3 rings (SSSR count). The van der Waals surface area contributed by atoms with Gasteiger partial charge in [-0.05, 0) is 30.7 Å². The molecule has 1 aliphatic heterocycles. The molecule has 0 spiro atoms. The number of hydrogen-bond donors (Lipinski definition) is 2. The van der Waals surface area contributed by atoms with Gasteiger partial charge in [-0.1, -0.05) is 0 Å². The van der Waals surface area contributed by atoms with Gasteiger partial charge in [0.15, 0.2) is 6.19 Å². The van der Waals surface area contributed by atoms with Crippen LogP contribution in [0.4, 0.5) is 17.3 Å². The van der Waals surface area contributed by atoms with Crippen LogP contribution in [0, 0.1) is 18.4 Å². The van der Waals surface area contributed by atoms with E-state index in [0.29, 0.717) is 17.5 Å². The van der Waals surface area contributed by atoms with Crippen molar-refractivity contribution in [2.45, 2.75) is 13.3 Å². The molecule has 0 saturated carbocycles. The van der Waals surface area contributed by atoms with Gasteiger partial charge in [-0.15, -0.1) is 0 Å². The van der Waals surface area contributed by atoms with E-state index >= 15 is 0 Å². The Labute approximate surface area is 116 Å². The first kappa shape index (κ1) is 12.2. The maximum Gasteiger partial charge on any atom is 0.182 e. The number of rotatable bonds is 3. The van der Waals surface area contributed by atoms with E-state index in [9.17, 15) is 0 Å². The second-order valence-electron chi connectivity index (χ2n) is 4.47. The lowest BCUT2D eigenvalue weighted by Gasteiger charge is -2.09. The summed E-state index contributed by atoms with van der Waals surface area (Å²) < 4.78 is 5.47. The molecule has 0 radical (unpaired) electrons. The molecule has 100 valence electrons. The average Bonchev–Trinajstić information content (AvgIpc) is 2.85. The molecule has 0 aliphatic carbocycles. The summed E-state index contributed by atoms with van der Waals surface area (Å²) in [4.78, 5) is 8.42. The summed E-state index contributed by atoms with van der Waals surface area (Å²) in [6, 6.07) is 7.64. The quantitative estimate of drug-likeness (QED) is 0.656. The Kier molecular flexibility index (Phi) is 3.09. The number of fused-ring (bicyclic) bond motifs is 1. The monoisotopic (exact) mass is 267 g/mol. The minimum absolute atomic E-state index is 0.479. The number of nitrogens with one attached hydrogen (secondary N) is 2. The predicted molar refractivity (Wildman–Crippen MR) is 74.9 cm³/mol. The topological polar surface area (TPSA) is 82.9 Å². The third kappa shape index (κ3) is 2.47. The van der Waals surface area contributed by atoms with Crippen LogP contribution in [0.1, 0.15) is 11.4 Å². The summed E-state index contributed by atoms with van der Waals surface area (Å²) in [6.07, 6.45) is 2.78. The Balaban J connectivity index is 1.86. The molecule has 6 nitrogen and oxygen atoms in total. The van der Waals surface area contributed by atoms with Gasteiger partial charge in [0.2, 0.25) is 0 Å². The van der Waals surface area contributed by atoms with Crippen molar-refractivity contribution in [3.05, 3.63) is 35.7 Å². The van der Waals surface area contributed by atoms with Gasteiger partial charge in [0.05, 0.1) is 6.61 Å². The van der Waals surface area contributed by atoms with Crippen LogP contribution in [-0.2, 0) is 6.42 Å². The van der Waals surface area contributed by atoms with Gasteiger partial charge in [-0.3, -0.25) is 5.32 Å². The Hall–Kier alpha value is -2.81. The summed E-state index contributed by atoms with van der Waals surface area (Å²) in [5, 5.41) is 14.4. The van der Waals surface area contributed by atoms with Gasteiger partial charge < -0.3 is 10.1 Å². The van der Waals surface area contributed by atoms with Gasteiger partial charge in [0.1, 0.15) is 23.2 Å². The summed E-state index contributed by atoms with van der Waals surface area (Å²) >= 11 is 0. The van der Waals surface area contributed by atoms with E-state index < -0.39 is 0 Å². The molecule has 0 bridgehead atoms. The molecule has 1 aromatic heterocycles. The summed E-state index contributed by atoms with van der Waals surface area (Å²) in [5.41, 5.74) is 2.13. The molecule has 1 aromatic carbocycles. The van der Waals surface area contributed by atoms with Crippen molar-refractivity contribution in [3.8, 4) is 11.9 Å². The maximum absolute atomic E-state index is 8.64. The zero-order valence-electron chi connectivity index (χ0n) is 11.0. The molecule has 2 aromatic rings. The third-order valence-electron chi connectivity index (χ3n) is 2.98. The van der Waals surface area contributed by atoms with Crippen LogP contribution in [0.2, 0.25) is 0 Å². The van der Waals surface area contributed by atoms with Crippen molar-refractivity contribution in [3.63, 3.8) is 0 Å². The van der Waals surface area contributed by atoms with E-state index in [1.807, 2.05) is 18.3 Å². The lowest BCUT2D eigenvalue weighted by atomic mass is 10.1. The lowest BCUT2D eigenvalue weighted by Crippen LogP contribution is -2.01. The predicted octanol–water partition coefficient (Wildman–Crippen LogP) is 2.36. The van der Waals surface area contributed by atoms with Crippen molar-refractivity contribution < 1.29 is 4.74 Å². The third-order valence-corrected chi connectivity index (χ3v) is 2.98. The summed E-state index contributed by atoms with van der Waals surface area (Å²) in [5.74, 6) is 2.67. The van der Waals surface area contributed by atoms with Gasteiger partial charge in [-0.25, -0.2) is 9.97 Å². The number of anilines is 3. The molecule has 1 aliphatic rings. The zero-order valence-corrected chi connectivity index (χ0v) is 11.0. The Morgan fingerprint density at radius 2 is 2.10 bits per heavy atom. The van der Waals surface area contributed by atoms with E-state index in [1.165, 1.54) is 5.56 Å².